The van der Waals surface area contributed by atoms with Crippen LogP contribution in [0, 0.1) is 0 Å². The molecule has 0 fully saturated rings. The maximum atomic E-state index is 11.3. The largest absolute Gasteiger partial charge is 0.508 e. The zero-order valence-corrected chi connectivity index (χ0v) is 11.6. The fourth-order valence-corrected chi connectivity index (χ4v) is 0.899. The Labute approximate surface area is 101 Å². The number of hydrogen-bond acceptors (Lipinski definition) is 4. The van der Waals surface area contributed by atoms with Gasteiger partial charge in [-0.05, 0) is 24.3 Å². The van der Waals surface area contributed by atoms with E-state index in [1.807, 2.05) is 0 Å². The SMILES string of the molecule is COCCOC(=O)c1ccc(O)cc1.[Zn]. The third-order valence-electron chi connectivity index (χ3n) is 1.62. The van der Waals surface area contributed by atoms with Gasteiger partial charge in [0.05, 0.1) is 12.2 Å². The van der Waals surface area contributed by atoms with E-state index in [1.54, 1.807) is 0 Å². The van der Waals surface area contributed by atoms with Crippen LogP contribution in [0.2, 0.25) is 0 Å². The average Bonchev–Trinajstić information content (AvgIpc) is 2.19. The maximum absolute atomic E-state index is 11.3. The van der Waals surface area contributed by atoms with Crippen LogP contribution < -0.4 is 0 Å². The quantitative estimate of drug-likeness (QED) is 0.503. The van der Waals surface area contributed by atoms with Crippen molar-refractivity contribution in [3.05, 3.63) is 29.8 Å². The molecule has 0 aromatic heterocycles. The van der Waals surface area contributed by atoms with E-state index in [0.29, 0.717) is 12.2 Å². The van der Waals surface area contributed by atoms with Crippen molar-refractivity contribution in [1.29, 1.82) is 0 Å². The van der Waals surface area contributed by atoms with Crippen molar-refractivity contribution in [2.45, 2.75) is 0 Å². The summed E-state index contributed by atoms with van der Waals surface area (Å²) in [4.78, 5) is 11.3. The average molecular weight is 262 g/mol. The summed E-state index contributed by atoms with van der Waals surface area (Å²) in [5.41, 5.74) is 0.416. The van der Waals surface area contributed by atoms with Crippen molar-refractivity contribution in [1.82, 2.24) is 0 Å². The zero-order chi connectivity index (χ0) is 10.4. The number of phenolic OH excluding ortho intramolecular Hbond substituents is 1. The van der Waals surface area contributed by atoms with Crippen LogP contribution in [0.4, 0.5) is 0 Å². The minimum atomic E-state index is -0.415. The van der Waals surface area contributed by atoms with Crippen LogP contribution in [0.25, 0.3) is 0 Å². The molecule has 1 aromatic carbocycles. The summed E-state index contributed by atoms with van der Waals surface area (Å²) < 4.78 is 9.59. The molecular formula is C10H12O4Zn. The molecule has 0 bridgehead atoms. The molecule has 0 amide bonds. The molecule has 78 valence electrons. The van der Waals surface area contributed by atoms with Gasteiger partial charge in [0.25, 0.3) is 0 Å². The molecule has 0 heterocycles. The molecule has 15 heavy (non-hydrogen) atoms. The molecule has 0 radical (unpaired) electrons. The van der Waals surface area contributed by atoms with Gasteiger partial charge in [0.1, 0.15) is 12.4 Å². The molecule has 0 atom stereocenters. The number of carbonyl (C=O) groups excluding carboxylic acids is 1. The molecule has 4 nitrogen and oxygen atoms in total. The Balaban J connectivity index is 0.00000196. The van der Waals surface area contributed by atoms with E-state index in [2.05, 4.69) is 0 Å². The van der Waals surface area contributed by atoms with Crippen LogP contribution in [0.5, 0.6) is 5.75 Å². The fourth-order valence-electron chi connectivity index (χ4n) is 0.899. The molecule has 0 spiro atoms. The number of hydrogen-bond donors (Lipinski definition) is 1. The number of rotatable bonds is 4. The first kappa shape index (κ1) is 14.1. The third kappa shape index (κ3) is 4.91. The summed E-state index contributed by atoms with van der Waals surface area (Å²) in [6.45, 7) is 0.611. The van der Waals surface area contributed by atoms with Gasteiger partial charge in [0.2, 0.25) is 0 Å². The summed E-state index contributed by atoms with van der Waals surface area (Å²) in [6, 6.07) is 5.88. The molecule has 0 saturated heterocycles. The molecule has 0 aliphatic rings. The van der Waals surface area contributed by atoms with E-state index in [4.69, 9.17) is 14.6 Å². The predicted octanol–water partition coefficient (Wildman–Crippen LogP) is 1.19. The molecular weight excluding hydrogens is 249 g/mol. The van der Waals surface area contributed by atoms with E-state index >= 15 is 0 Å². The molecule has 5 heteroatoms. The van der Waals surface area contributed by atoms with Crippen LogP contribution in [0.1, 0.15) is 10.4 Å². The summed E-state index contributed by atoms with van der Waals surface area (Å²) >= 11 is 0. The van der Waals surface area contributed by atoms with Crippen molar-refractivity contribution in [2.24, 2.45) is 0 Å². The van der Waals surface area contributed by atoms with E-state index in [1.165, 1.54) is 31.4 Å². The Kier molecular flexibility index (Phi) is 6.92. The van der Waals surface area contributed by atoms with Gasteiger partial charge >= 0.3 is 5.97 Å². The van der Waals surface area contributed by atoms with E-state index in [-0.39, 0.29) is 31.8 Å². The first-order valence-corrected chi connectivity index (χ1v) is 4.19. The van der Waals surface area contributed by atoms with Gasteiger partial charge in [-0.25, -0.2) is 4.79 Å². The number of methoxy groups -OCH3 is 1. The van der Waals surface area contributed by atoms with Crippen molar-refractivity contribution in [3.8, 4) is 5.75 Å². The van der Waals surface area contributed by atoms with Crippen molar-refractivity contribution in [3.63, 3.8) is 0 Å². The van der Waals surface area contributed by atoms with Gasteiger partial charge in [-0.3, -0.25) is 0 Å². The molecule has 1 aromatic rings. The number of carbonyl (C=O) groups is 1. The van der Waals surface area contributed by atoms with Crippen molar-refractivity contribution in [2.75, 3.05) is 20.3 Å². The topological polar surface area (TPSA) is 55.8 Å². The van der Waals surface area contributed by atoms with Crippen LogP contribution in [-0.2, 0) is 29.0 Å². The zero-order valence-electron chi connectivity index (χ0n) is 8.60. The third-order valence-corrected chi connectivity index (χ3v) is 1.62. The van der Waals surface area contributed by atoms with Crippen molar-refractivity contribution < 1.29 is 38.9 Å². The number of aromatic hydroxyl groups is 1. The molecule has 1 N–H and O–H groups in total. The first-order valence-electron chi connectivity index (χ1n) is 4.19. The maximum Gasteiger partial charge on any atom is 0.338 e. The smallest absolute Gasteiger partial charge is 0.338 e. The summed E-state index contributed by atoms with van der Waals surface area (Å²) in [5, 5.41) is 8.98. The Bertz CT molecular complexity index is 297. The molecule has 0 unspecified atom stereocenters. The Hall–Kier alpha value is -0.927. The van der Waals surface area contributed by atoms with Gasteiger partial charge in [-0.15, -0.1) is 0 Å². The summed E-state index contributed by atoms with van der Waals surface area (Å²) in [6.07, 6.45) is 0. The second kappa shape index (κ2) is 7.38. The second-order valence-electron chi connectivity index (χ2n) is 2.68. The molecule has 0 aliphatic heterocycles. The Morgan fingerprint density at radius 2 is 1.87 bits per heavy atom. The monoisotopic (exact) mass is 260 g/mol. The first-order chi connectivity index (χ1) is 6.74. The van der Waals surface area contributed by atoms with Crippen LogP contribution >= 0.6 is 0 Å². The molecule has 0 saturated carbocycles. The van der Waals surface area contributed by atoms with Crippen LogP contribution in [0.3, 0.4) is 0 Å². The van der Waals surface area contributed by atoms with Gasteiger partial charge < -0.3 is 14.6 Å². The van der Waals surface area contributed by atoms with E-state index in [9.17, 15) is 4.79 Å². The van der Waals surface area contributed by atoms with Crippen molar-refractivity contribution >= 4 is 5.97 Å². The number of esters is 1. The Morgan fingerprint density at radius 1 is 1.27 bits per heavy atom. The number of benzene rings is 1. The van der Waals surface area contributed by atoms with Gasteiger partial charge in [0.15, 0.2) is 0 Å². The number of ether oxygens (including phenoxy) is 2. The van der Waals surface area contributed by atoms with E-state index < -0.39 is 5.97 Å². The molecule has 1 rings (SSSR count). The van der Waals surface area contributed by atoms with Crippen LogP contribution in [-0.4, -0.2) is 31.4 Å². The Morgan fingerprint density at radius 3 is 2.40 bits per heavy atom. The normalized spacial score (nSPS) is 9.13. The second-order valence-corrected chi connectivity index (χ2v) is 2.68. The van der Waals surface area contributed by atoms with Gasteiger partial charge in [0, 0.05) is 26.6 Å². The van der Waals surface area contributed by atoms with E-state index in [0.717, 1.165) is 0 Å². The van der Waals surface area contributed by atoms with Gasteiger partial charge in [-0.1, -0.05) is 0 Å². The summed E-state index contributed by atoms with van der Waals surface area (Å²) in [7, 11) is 1.54. The summed E-state index contributed by atoms with van der Waals surface area (Å²) in [5.74, 6) is -0.291. The van der Waals surface area contributed by atoms with Crippen LogP contribution in [0.15, 0.2) is 24.3 Å². The standard InChI is InChI=1S/C10H12O4.Zn/c1-13-6-7-14-10(12)8-2-4-9(11)5-3-8;/h2-5,11H,6-7H2,1H3;. The minimum absolute atomic E-state index is 0. The molecule has 0 aliphatic carbocycles. The number of phenols is 1. The predicted molar refractivity (Wildman–Crippen MR) is 50.3 cm³/mol. The van der Waals surface area contributed by atoms with Gasteiger partial charge in [-0.2, -0.15) is 0 Å². The fraction of sp³-hybridized carbons (Fsp3) is 0.300. The minimum Gasteiger partial charge on any atom is -0.508 e.